The van der Waals surface area contributed by atoms with E-state index in [1.165, 1.54) is 23.9 Å². The zero-order chi connectivity index (χ0) is 15.6. The third-order valence-electron chi connectivity index (χ3n) is 2.61. The number of benzene rings is 2. The highest BCUT2D eigenvalue weighted by atomic mass is 35.5. The van der Waals surface area contributed by atoms with Gasteiger partial charge in [-0.3, -0.25) is 4.72 Å². The topological polar surface area (TPSA) is 46.2 Å². The van der Waals surface area contributed by atoms with Gasteiger partial charge >= 0.3 is 0 Å². The number of sulfonamides is 1. The van der Waals surface area contributed by atoms with Crippen LogP contribution in [0.2, 0.25) is 15.1 Å². The molecule has 0 aliphatic carbocycles. The molecule has 0 heterocycles. The second-order valence-electron chi connectivity index (χ2n) is 4.00. The Labute approximate surface area is 142 Å². The molecule has 3 nitrogen and oxygen atoms in total. The summed E-state index contributed by atoms with van der Waals surface area (Å²) in [4.78, 5) is 0.684. The molecule has 8 heteroatoms. The molecule has 2 rings (SSSR count). The van der Waals surface area contributed by atoms with Crippen LogP contribution in [0.15, 0.2) is 46.2 Å². The lowest BCUT2D eigenvalue weighted by molar-refractivity contribution is 0.599. The largest absolute Gasteiger partial charge is 0.278 e. The number of halogens is 3. The Morgan fingerprint density at radius 3 is 2.48 bits per heavy atom. The second-order valence-corrected chi connectivity index (χ2v) is 7.72. The molecule has 0 aliphatic rings. The summed E-state index contributed by atoms with van der Waals surface area (Å²) >= 11 is 19.1. The van der Waals surface area contributed by atoms with Gasteiger partial charge in [0.05, 0.1) is 15.7 Å². The molecule has 0 atom stereocenters. The van der Waals surface area contributed by atoms with Gasteiger partial charge < -0.3 is 0 Å². The minimum atomic E-state index is -3.82. The van der Waals surface area contributed by atoms with Crippen LogP contribution in [0.3, 0.4) is 0 Å². The predicted molar refractivity (Wildman–Crippen MR) is 90.5 cm³/mol. The Morgan fingerprint density at radius 1 is 1.10 bits per heavy atom. The smallest absolute Gasteiger partial charge is 0.263 e. The Kier molecular flexibility index (Phi) is 5.33. The Bertz CT molecular complexity index is 779. The molecule has 0 saturated heterocycles. The van der Waals surface area contributed by atoms with E-state index in [9.17, 15) is 8.42 Å². The van der Waals surface area contributed by atoms with E-state index in [1.54, 1.807) is 30.5 Å². The van der Waals surface area contributed by atoms with Crippen molar-refractivity contribution in [3.05, 3.63) is 51.5 Å². The Morgan fingerprint density at radius 2 is 1.81 bits per heavy atom. The maximum Gasteiger partial charge on any atom is 0.263 e. The van der Waals surface area contributed by atoms with E-state index in [1.807, 2.05) is 0 Å². The van der Waals surface area contributed by atoms with E-state index in [2.05, 4.69) is 4.72 Å². The summed E-state index contributed by atoms with van der Waals surface area (Å²) in [6.07, 6.45) is 1.79. The first-order valence-corrected chi connectivity index (χ1v) is 9.49. The number of hydrogen-bond acceptors (Lipinski definition) is 3. The first-order chi connectivity index (χ1) is 9.85. The van der Waals surface area contributed by atoms with Crippen LogP contribution in [-0.2, 0) is 10.0 Å². The van der Waals surface area contributed by atoms with Gasteiger partial charge in [-0.05, 0) is 36.6 Å². The van der Waals surface area contributed by atoms with Crippen LogP contribution in [0.4, 0.5) is 5.69 Å². The van der Waals surface area contributed by atoms with Crippen LogP contribution in [-0.4, -0.2) is 14.7 Å². The molecule has 0 aromatic heterocycles. The zero-order valence-corrected chi connectivity index (χ0v) is 14.6. The summed E-state index contributed by atoms with van der Waals surface area (Å²) in [5.74, 6) is 0. The number of nitrogens with one attached hydrogen (secondary N) is 1. The van der Waals surface area contributed by atoms with Crippen molar-refractivity contribution in [2.24, 2.45) is 0 Å². The van der Waals surface area contributed by atoms with E-state index in [-0.39, 0.29) is 20.6 Å². The quantitative estimate of drug-likeness (QED) is 0.742. The third-order valence-corrected chi connectivity index (χ3v) is 6.00. The fraction of sp³-hybridized carbons (Fsp3) is 0.0769. The fourth-order valence-electron chi connectivity index (χ4n) is 1.64. The van der Waals surface area contributed by atoms with Crippen molar-refractivity contribution in [3.63, 3.8) is 0 Å². The summed E-state index contributed by atoms with van der Waals surface area (Å²) in [7, 11) is -3.82. The highest BCUT2D eigenvalue weighted by molar-refractivity contribution is 7.99. The molecule has 0 bridgehead atoms. The van der Waals surface area contributed by atoms with Crippen molar-refractivity contribution < 1.29 is 8.42 Å². The van der Waals surface area contributed by atoms with Gasteiger partial charge in [0.25, 0.3) is 10.0 Å². The van der Waals surface area contributed by atoms with Gasteiger partial charge in [0.15, 0.2) is 0 Å². The van der Waals surface area contributed by atoms with Crippen molar-refractivity contribution in [1.29, 1.82) is 0 Å². The molecule has 0 aliphatic heterocycles. The van der Waals surface area contributed by atoms with E-state index in [0.717, 1.165) is 0 Å². The SMILES string of the molecule is CSc1ccc(Cl)cc1S(=O)(=O)Nc1cccc(Cl)c1Cl. The predicted octanol–water partition coefficient (Wildman–Crippen LogP) is 5.17. The van der Waals surface area contributed by atoms with Crippen molar-refractivity contribution in [3.8, 4) is 0 Å². The third kappa shape index (κ3) is 3.79. The zero-order valence-electron chi connectivity index (χ0n) is 10.7. The normalized spacial score (nSPS) is 11.4. The van der Waals surface area contributed by atoms with Crippen molar-refractivity contribution in [1.82, 2.24) is 0 Å². The first kappa shape index (κ1) is 16.8. The monoisotopic (exact) mass is 381 g/mol. The lowest BCUT2D eigenvalue weighted by Gasteiger charge is -2.13. The molecule has 2 aromatic carbocycles. The maximum atomic E-state index is 12.5. The van der Waals surface area contributed by atoms with E-state index in [0.29, 0.717) is 9.92 Å². The molecule has 0 radical (unpaired) electrons. The minimum Gasteiger partial charge on any atom is -0.278 e. The molecule has 2 aromatic rings. The molecular formula is C13H10Cl3NO2S2. The van der Waals surface area contributed by atoms with Crippen LogP contribution in [0, 0.1) is 0 Å². The highest BCUT2D eigenvalue weighted by Gasteiger charge is 2.20. The lowest BCUT2D eigenvalue weighted by Crippen LogP contribution is -2.14. The van der Waals surface area contributed by atoms with Gasteiger partial charge in [-0.25, -0.2) is 8.42 Å². The van der Waals surface area contributed by atoms with Gasteiger partial charge in [-0.2, -0.15) is 0 Å². The Hall–Kier alpha value is -0.590. The van der Waals surface area contributed by atoms with Gasteiger partial charge in [-0.15, -0.1) is 11.8 Å². The van der Waals surface area contributed by atoms with E-state index < -0.39 is 10.0 Å². The summed E-state index contributed by atoms with van der Waals surface area (Å²) in [5, 5.41) is 0.758. The molecular weight excluding hydrogens is 373 g/mol. The van der Waals surface area contributed by atoms with Crippen LogP contribution < -0.4 is 4.72 Å². The molecule has 0 spiro atoms. The summed E-state index contributed by atoms with van der Waals surface area (Å²) in [6, 6.07) is 9.41. The molecule has 112 valence electrons. The van der Waals surface area contributed by atoms with E-state index >= 15 is 0 Å². The number of rotatable bonds is 4. The van der Waals surface area contributed by atoms with Crippen LogP contribution in [0.5, 0.6) is 0 Å². The highest BCUT2D eigenvalue weighted by Crippen LogP contribution is 2.33. The van der Waals surface area contributed by atoms with Crippen molar-refractivity contribution in [2.45, 2.75) is 9.79 Å². The average Bonchev–Trinajstić information content (AvgIpc) is 2.44. The number of hydrogen-bond donors (Lipinski definition) is 1. The second kappa shape index (κ2) is 6.67. The number of thioether (sulfide) groups is 1. The van der Waals surface area contributed by atoms with Gasteiger partial charge in [-0.1, -0.05) is 40.9 Å². The van der Waals surface area contributed by atoms with Gasteiger partial charge in [0.1, 0.15) is 4.90 Å². The Balaban J connectivity index is 2.48. The average molecular weight is 383 g/mol. The molecule has 1 N–H and O–H groups in total. The molecule has 0 unspecified atom stereocenters. The first-order valence-electron chi connectivity index (χ1n) is 5.65. The summed E-state index contributed by atoms with van der Waals surface area (Å²) in [6.45, 7) is 0. The lowest BCUT2D eigenvalue weighted by atomic mass is 10.3. The van der Waals surface area contributed by atoms with Gasteiger partial charge in [0.2, 0.25) is 0 Å². The van der Waals surface area contributed by atoms with Crippen LogP contribution in [0.25, 0.3) is 0 Å². The standard InChI is InChI=1S/C13H10Cl3NO2S2/c1-20-11-6-5-8(14)7-12(11)21(18,19)17-10-4-2-3-9(15)13(10)16/h2-7,17H,1H3. The van der Waals surface area contributed by atoms with Crippen LogP contribution >= 0.6 is 46.6 Å². The van der Waals surface area contributed by atoms with Crippen molar-refractivity contribution in [2.75, 3.05) is 11.0 Å². The fourth-order valence-corrected chi connectivity index (χ4v) is 4.51. The van der Waals surface area contributed by atoms with Crippen molar-refractivity contribution >= 4 is 62.3 Å². The van der Waals surface area contributed by atoms with E-state index in [4.69, 9.17) is 34.8 Å². The molecule has 0 fully saturated rings. The summed E-state index contributed by atoms with van der Waals surface area (Å²) in [5.41, 5.74) is 0.219. The van der Waals surface area contributed by atoms with Gasteiger partial charge in [0, 0.05) is 9.92 Å². The number of anilines is 1. The van der Waals surface area contributed by atoms with Crippen LogP contribution in [0.1, 0.15) is 0 Å². The minimum absolute atomic E-state index is 0.0959. The maximum absolute atomic E-state index is 12.5. The molecule has 0 saturated carbocycles. The molecule has 0 amide bonds. The summed E-state index contributed by atoms with van der Waals surface area (Å²) < 4.78 is 27.5. The molecule has 21 heavy (non-hydrogen) atoms.